The van der Waals surface area contributed by atoms with Gasteiger partial charge in [-0.2, -0.15) is 4.98 Å². The fraction of sp³-hybridized carbons (Fsp3) is 0.636. The van der Waals surface area contributed by atoms with Gasteiger partial charge in [-0.15, -0.1) is 0 Å². The summed E-state index contributed by atoms with van der Waals surface area (Å²) in [7, 11) is 0. The lowest BCUT2D eigenvalue weighted by Gasteiger charge is -2.36. The van der Waals surface area contributed by atoms with Gasteiger partial charge < -0.3 is 14.2 Å². The molecule has 0 aromatic carbocycles. The summed E-state index contributed by atoms with van der Waals surface area (Å²) in [5.41, 5.74) is 0.818. The van der Waals surface area contributed by atoms with Crippen LogP contribution in [-0.2, 0) is 9.53 Å². The molecule has 154 valence electrons. The van der Waals surface area contributed by atoms with E-state index < -0.39 is 0 Å². The smallest absolute Gasteiger partial charge is 0.232 e. The van der Waals surface area contributed by atoms with Crippen LogP contribution >= 0.6 is 0 Å². The lowest BCUT2D eigenvalue weighted by atomic mass is 9.72. The number of rotatable bonds is 3. The summed E-state index contributed by atoms with van der Waals surface area (Å²) in [6.07, 6.45) is 11.0. The number of hydrogen-bond acceptors (Lipinski definition) is 6. The Morgan fingerprint density at radius 2 is 2.00 bits per heavy atom. The van der Waals surface area contributed by atoms with Gasteiger partial charge in [0, 0.05) is 55.6 Å². The molecule has 1 saturated carbocycles. The lowest BCUT2D eigenvalue weighted by molar-refractivity contribution is -0.136. The van der Waals surface area contributed by atoms with Crippen molar-refractivity contribution in [3.05, 3.63) is 30.4 Å². The van der Waals surface area contributed by atoms with Crippen LogP contribution in [0.5, 0.6) is 0 Å². The first-order chi connectivity index (χ1) is 14.3. The Morgan fingerprint density at radius 1 is 1.17 bits per heavy atom. The van der Waals surface area contributed by atoms with Gasteiger partial charge in [0.2, 0.25) is 17.6 Å². The first-order valence-corrected chi connectivity index (χ1v) is 10.9. The van der Waals surface area contributed by atoms with Crippen LogP contribution in [0.2, 0.25) is 0 Å². The van der Waals surface area contributed by atoms with Gasteiger partial charge in [-0.05, 0) is 37.8 Å². The number of aromatic nitrogens is 3. The van der Waals surface area contributed by atoms with Crippen LogP contribution in [0, 0.1) is 11.3 Å². The molecule has 29 heavy (non-hydrogen) atoms. The van der Waals surface area contributed by atoms with Crippen molar-refractivity contribution in [1.29, 1.82) is 0 Å². The molecule has 2 aromatic heterocycles. The van der Waals surface area contributed by atoms with Crippen LogP contribution in [0.25, 0.3) is 11.4 Å². The Labute approximate surface area is 170 Å². The van der Waals surface area contributed by atoms with Crippen molar-refractivity contribution in [3.63, 3.8) is 0 Å². The molecule has 2 saturated heterocycles. The topological polar surface area (TPSA) is 81.4 Å². The minimum atomic E-state index is -0.0265. The maximum absolute atomic E-state index is 13.2. The van der Waals surface area contributed by atoms with Crippen molar-refractivity contribution in [2.24, 2.45) is 11.3 Å². The number of nitrogens with zero attached hydrogens (tertiary/aromatic N) is 4. The third-order valence-electron chi connectivity index (χ3n) is 7.06. The van der Waals surface area contributed by atoms with Gasteiger partial charge in [0.25, 0.3) is 0 Å². The molecular formula is C22H28N4O3. The van der Waals surface area contributed by atoms with E-state index in [4.69, 9.17) is 14.2 Å². The molecule has 3 aliphatic rings. The Hall–Kier alpha value is -2.28. The summed E-state index contributed by atoms with van der Waals surface area (Å²) in [4.78, 5) is 24.2. The van der Waals surface area contributed by atoms with Crippen LogP contribution in [0.15, 0.2) is 29.0 Å². The van der Waals surface area contributed by atoms with Gasteiger partial charge >= 0.3 is 0 Å². The fourth-order valence-corrected chi connectivity index (χ4v) is 5.36. The number of carbonyl (C=O) groups is 1. The Morgan fingerprint density at radius 3 is 2.76 bits per heavy atom. The molecule has 0 radical (unpaired) electrons. The molecular weight excluding hydrogens is 368 g/mol. The number of hydrogen-bond donors (Lipinski definition) is 0. The molecule has 5 rings (SSSR count). The van der Waals surface area contributed by atoms with E-state index in [0.717, 1.165) is 51.0 Å². The molecule has 1 spiro atoms. The average molecular weight is 396 g/mol. The fourth-order valence-electron chi connectivity index (χ4n) is 5.36. The van der Waals surface area contributed by atoms with E-state index in [1.807, 2.05) is 12.1 Å². The van der Waals surface area contributed by atoms with E-state index in [2.05, 4.69) is 15.0 Å². The Balaban J connectivity index is 1.41. The summed E-state index contributed by atoms with van der Waals surface area (Å²) >= 11 is 0. The third kappa shape index (κ3) is 3.56. The minimum absolute atomic E-state index is 0.0265. The quantitative estimate of drug-likeness (QED) is 0.791. The van der Waals surface area contributed by atoms with E-state index in [1.54, 1.807) is 12.4 Å². The molecule has 0 bridgehead atoms. The molecule has 7 nitrogen and oxygen atoms in total. The highest BCUT2D eigenvalue weighted by Crippen LogP contribution is 2.49. The van der Waals surface area contributed by atoms with Gasteiger partial charge in [-0.3, -0.25) is 9.78 Å². The number of ether oxygens (including phenoxy) is 1. The SMILES string of the molecule is O=C(C1CCCCC1)N1C[C@H](c2nc(-c3cccnc3)no2)C2(CCOCC2)C1. The van der Waals surface area contributed by atoms with E-state index in [0.29, 0.717) is 24.2 Å². The molecule has 2 aromatic rings. The standard InChI is InChI=1S/C22H28N4O3/c27-21(16-5-2-1-3-6-16)26-14-18(22(15-26)8-11-28-12-9-22)20-24-19(25-29-20)17-7-4-10-23-13-17/h4,7,10,13,16,18H,1-3,5-6,8-9,11-12,14-15H2/t18-/m1/s1. The van der Waals surface area contributed by atoms with Gasteiger partial charge in [0.05, 0.1) is 5.92 Å². The van der Waals surface area contributed by atoms with Gasteiger partial charge in [-0.25, -0.2) is 0 Å². The third-order valence-corrected chi connectivity index (χ3v) is 7.06. The van der Waals surface area contributed by atoms with Crippen molar-refractivity contribution in [1.82, 2.24) is 20.0 Å². The maximum Gasteiger partial charge on any atom is 0.232 e. The van der Waals surface area contributed by atoms with Crippen molar-refractivity contribution in [3.8, 4) is 11.4 Å². The van der Waals surface area contributed by atoms with Crippen LogP contribution in [0.3, 0.4) is 0 Å². The Bertz CT molecular complexity index is 841. The lowest BCUT2D eigenvalue weighted by Crippen LogP contribution is -2.39. The highest BCUT2D eigenvalue weighted by molar-refractivity contribution is 5.79. The Kier molecular flexibility index (Phi) is 5.08. The van der Waals surface area contributed by atoms with E-state index in [-0.39, 0.29) is 17.3 Å². The summed E-state index contributed by atoms with van der Waals surface area (Å²) in [5.74, 6) is 1.78. The van der Waals surface area contributed by atoms with Crippen LogP contribution in [-0.4, -0.2) is 52.2 Å². The van der Waals surface area contributed by atoms with E-state index >= 15 is 0 Å². The summed E-state index contributed by atoms with van der Waals surface area (Å²) in [6, 6.07) is 3.80. The number of likely N-dealkylation sites (tertiary alicyclic amines) is 1. The summed E-state index contributed by atoms with van der Waals surface area (Å²) < 4.78 is 11.4. The minimum Gasteiger partial charge on any atom is -0.381 e. The van der Waals surface area contributed by atoms with E-state index in [9.17, 15) is 4.79 Å². The van der Waals surface area contributed by atoms with Crippen LogP contribution < -0.4 is 0 Å². The predicted molar refractivity (Wildman–Crippen MR) is 106 cm³/mol. The van der Waals surface area contributed by atoms with E-state index in [1.165, 1.54) is 19.3 Å². The highest BCUT2D eigenvalue weighted by atomic mass is 16.5. The second-order valence-electron chi connectivity index (χ2n) is 8.78. The zero-order valence-corrected chi connectivity index (χ0v) is 16.8. The first kappa shape index (κ1) is 18.7. The van der Waals surface area contributed by atoms with Gasteiger partial charge in [-0.1, -0.05) is 24.4 Å². The summed E-state index contributed by atoms with van der Waals surface area (Å²) in [6.45, 7) is 2.90. The molecule has 2 aliphatic heterocycles. The zero-order valence-electron chi connectivity index (χ0n) is 16.8. The van der Waals surface area contributed by atoms with Crippen molar-refractivity contribution >= 4 is 5.91 Å². The average Bonchev–Trinajstić information content (AvgIpc) is 3.40. The number of carbonyl (C=O) groups excluding carboxylic acids is 1. The monoisotopic (exact) mass is 396 g/mol. The molecule has 0 N–H and O–H groups in total. The molecule has 4 heterocycles. The normalized spacial score (nSPS) is 24.8. The first-order valence-electron chi connectivity index (χ1n) is 10.9. The molecule has 1 amide bonds. The second kappa shape index (κ2) is 7.86. The van der Waals surface area contributed by atoms with Crippen molar-refractivity contribution < 1.29 is 14.1 Å². The van der Waals surface area contributed by atoms with Gasteiger partial charge in [0.1, 0.15) is 0 Å². The molecule has 7 heteroatoms. The van der Waals surface area contributed by atoms with Crippen LogP contribution in [0.4, 0.5) is 0 Å². The van der Waals surface area contributed by atoms with Crippen LogP contribution in [0.1, 0.15) is 56.8 Å². The maximum atomic E-state index is 13.2. The molecule has 1 atom stereocenters. The van der Waals surface area contributed by atoms with Crippen molar-refractivity contribution in [2.45, 2.75) is 50.9 Å². The summed E-state index contributed by atoms with van der Waals surface area (Å²) in [5, 5.41) is 4.21. The molecule has 1 aliphatic carbocycles. The highest BCUT2D eigenvalue weighted by Gasteiger charge is 2.52. The molecule has 0 unspecified atom stereocenters. The second-order valence-corrected chi connectivity index (χ2v) is 8.78. The van der Waals surface area contributed by atoms with Crippen molar-refractivity contribution in [2.75, 3.05) is 26.3 Å². The van der Waals surface area contributed by atoms with Gasteiger partial charge in [0.15, 0.2) is 0 Å². The predicted octanol–water partition coefficient (Wildman–Crippen LogP) is 3.43. The largest absolute Gasteiger partial charge is 0.381 e. The zero-order chi connectivity index (χ0) is 19.7. The number of pyridine rings is 1. The number of amides is 1. The molecule has 3 fully saturated rings.